The summed E-state index contributed by atoms with van der Waals surface area (Å²) in [4.78, 5) is 15.1. The van der Waals surface area contributed by atoms with Gasteiger partial charge < -0.3 is 5.32 Å². The van der Waals surface area contributed by atoms with Gasteiger partial charge in [0.15, 0.2) is 5.13 Å². The molecule has 3 nitrogen and oxygen atoms in total. The van der Waals surface area contributed by atoms with E-state index in [9.17, 15) is 4.79 Å². The summed E-state index contributed by atoms with van der Waals surface area (Å²) in [7, 11) is 0. The molecule has 2 aromatic rings. The normalized spacial score (nSPS) is 11.7. The molecule has 1 aromatic carbocycles. The van der Waals surface area contributed by atoms with Crippen LogP contribution in [0.5, 0.6) is 0 Å². The van der Waals surface area contributed by atoms with Crippen LogP contribution in [0.3, 0.4) is 0 Å². The van der Waals surface area contributed by atoms with Gasteiger partial charge in [0, 0.05) is 11.1 Å². The molecular formula is C12H14N2OS. The minimum absolute atomic E-state index is 0.00135. The van der Waals surface area contributed by atoms with Crippen molar-refractivity contribution in [3.63, 3.8) is 0 Å². The molecule has 0 radical (unpaired) electrons. The summed E-state index contributed by atoms with van der Waals surface area (Å²) in [6.45, 7) is 6.28. The van der Waals surface area contributed by atoms with Crippen LogP contribution in [-0.2, 0) is 0 Å². The number of hydrogen-bond acceptors (Lipinski definition) is 4. The largest absolute Gasteiger partial charge is 0.357 e. The van der Waals surface area contributed by atoms with E-state index in [0.29, 0.717) is 5.56 Å². The highest BCUT2D eigenvalue weighted by Gasteiger charge is 2.12. The highest BCUT2D eigenvalue weighted by Crippen LogP contribution is 2.28. The minimum Gasteiger partial charge on any atom is -0.357 e. The number of hydrogen-bond donors (Lipinski definition) is 1. The quantitative estimate of drug-likeness (QED) is 0.810. The van der Waals surface area contributed by atoms with Crippen LogP contribution >= 0.6 is 11.3 Å². The molecule has 1 aromatic heterocycles. The Morgan fingerprint density at radius 3 is 2.75 bits per heavy atom. The molecule has 0 aliphatic heterocycles. The van der Waals surface area contributed by atoms with Gasteiger partial charge in [-0.1, -0.05) is 11.3 Å². The third-order valence-corrected chi connectivity index (χ3v) is 2.96. The van der Waals surface area contributed by atoms with Crippen LogP contribution in [0, 0.1) is 0 Å². The third kappa shape index (κ3) is 2.39. The molecule has 0 unspecified atom stereocenters. The van der Waals surface area contributed by atoms with E-state index >= 15 is 0 Å². The van der Waals surface area contributed by atoms with Crippen molar-refractivity contribution >= 4 is 33.0 Å². The predicted molar refractivity (Wildman–Crippen MR) is 68.4 cm³/mol. The second-order valence-corrected chi connectivity index (χ2v) is 5.77. The molecule has 0 aliphatic carbocycles. The van der Waals surface area contributed by atoms with E-state index in [0.717, 1.165) is 21.6 Å². The summed E-state index contributed by atoms with van der Waals surface area (Å²) in [5.41, 5.74) is 1.63. The maximum absolute atomic E-state index is 10.7. The van der Waals surface area contributed by atoms with Crippen molar-refractivity contribution in [1.29, 1.82) is 0 Å². The van der Waals surface area contributed by atoms with E-state index in [1.807, 2.05) is 12.1 Å². The number of thiazole rings is 1. The van der Waals surface area contributed by atoms with Gasteiger partial charge in [-0.2, -0.15) is 0 Å². The van der Waals surface area contributed by atoms with Gasteiger partial charge >= 0.3 is 0 Å². The molecule has 0 saturated heterocycles. The number of fused-ring (bicyclic) bond motifs is 1. The van der Waals surface area contributed by atoms with E-state index in [2.05, 4.69) is 31.1 Å². The van der Waals surface area contributed by atoms with Crippen LogP contribution in [0.15, 0.2) is 18.2 Å². The minimum atomic E-state index is 0.00135. The van der Waals surface area contributed by atoms with Crippen LogP contribution in [0.2, 0.25) is 0 Å². The maximum atomic E-state index is 10.7. The van der Waals surface area contributed by atoms with E-state index in [1.54, 1.807) is 17.4 Å². The molecule has 16 heavy (non-hydrogen) atoms. The Hall–Kier alpha value is -1.42. The molecule has 0 spiro atoms. The van der Waals surface area contributed by atoms with Crippen molar-refractivity contribution in [3.8, 4) is 0 Å². The summed E-state index contributed by atoms with van der Waals surface area (Å²) >= 11 is 1.57. The van der Waals surface area contributed by atoms with Crippen molar-refractivity contribution in [2.45, 2.75) is 26.3 Å². The molecule has 4 heteroatoms. The molecule has 1 N–H and O–H groups in total. The van der Waals surface area contributed by atoms with Gasteiger partial charge in [-0.15, -0.1) is 0 Å². The molecule has 0 bridgehead atoms. The summed E-state index contributed by atoms with van der Waals surface area (Å²) in [5.74, 6) is 0. The molecular weight excluding hydrogens is 220 g/mol. The number of benzene rings is 1. The van der Waals surface area contributed by atoms with E-state index in [-0.39, 0.29) is 5.54 Å². The van der Waals surface area contributed by atoms with Gasteiger partial charge in [-0.3, -0.25) is 4.79 Å². The van der Waals surface area contributed by atoms with Crippen LogP contribution in [0.1, 0.15) is 31.1 Å². The summed E-state index contributed by atoms with van der Waals surface area (Å²) in [6, 6.07) is 5.53. The Morgan fingerprint density at radius 1 is 1.38 bits per heavy atom. The average molecular weight is 234 g/mol. The second-order valence-electron chi connectivity index (χ2n) is 4.74. The maximum Gasteiger partial charge on any atom is 0.184 e. The standard InChI is InChI=1S/C12H14N2OS/c1-12(2,3)14-11-13-9-5-4-8(7-15)6-10(9)16-11/h4-7H,1-3H3,(H,13,14). The Labute approximate surface area is 98.5 Å². The predicted octanol–water partition coefficient (Wildman–Crippen LogP) is 3.32. The first-order valence-corrected chi connectivity index (χ1v) is 5.93. The number of aldehydes is 1. The molecule has 0 amide bonds. The third-order valence-electron chi connectivity index (χ3n) is 2.03. The lowest BCUT2D eigenvalue weighted by molar-refractivity contribution is 0.112. The van der Waals surface area contributed by atoms with Crippen LogP contribution < -0.4 is 5.32 Å². The zero-order chi connectivity index (χ0) is 11.8. The zero-order valence-corrected chi connectivity index (χ0v) is 10.4. The van der Waals surface area contributed by atoms with Crippen molar-refractivity contribution in [2.75, 3.05) is 5.32 Å². The number of nitrogens with zero attached hydrogens (tertiary/aromatic N) is 1. The summed E-state index contributed by atoms with van der Waals surface area (Å²) in [5, 5.41) is 4.22. The Morgan fingerprint density at radius 2 is 2.12 bits per heavy atom. The van der Waals surface area contributed by atoms with Crippen molar-refractivity contribution in [3.05, 3.63) is 23.8 Å². The number of carbonyl (C=O) groups is 1. The molecule has 0 aliphatic rings. The first-order chi connectivity index (χ1) is 7.48. The smallest absolute Gasteiger partial charge is 0.184 e. The van der Waals surface area contributed by atoms with Crippen molar-refractivity contribution in [1.82, 2.24) is 4.98 Å². The number of nitrogens with one attached hydrogen (secondary N) is 1. The molecule has 0 saturated carbocycles. The Kier molecular flexibility index (Phi) is 2.68. The summed E-state index contributed by atoms with van der Waals surface area (Å²) in [6.07, 6.45) is 0.857. The SMILES string of the molecule is CC(C)(C)Nc1nc2ccc(C=O)cc2s1. The van der Waals surface area contributed by atoms with Crippen LogP contribution in [0.25, 0.3) is 10.2 Å². The fourth-order valence-electron chi connectivity index (χ4n) is 1.39. The van der Waals surface area contributed by atoms with Gasteiger partial charge in [0.25, 0.3) is 0 Å². The average Bonchev–Trinajstić information content (AvgIpc) is 2.55. The number of aromatic nitrogens is 1. The van der Waals surface area contributed by atoms with Crippen LogP contribution in [0.4, 0.5) is 5.13 Å². The van der Waals surface area contributed by atoms with Gasteiger partial charge in [-0.05, 0) is 39.0 Å². The lowest BCUT2D eigenvalue weighted by atomic mass is 10.1. The van der Waals surface area contributed by atoms with Gasteiger partial charge in [-0.25, -0.2) is 4.98 Å². The van der Waals surface area contributed by atoms with E-state index < -0.39 is 0 Å². The molecule has 0 fully saturated rings. The van der Waals surface area contributed by atoms with E-state index in [4.69, 9.17) is 0 Å². The fraction of sp³-hybridized carbons (Fsp3) is 0.333. The van der Waals surface area contributed by atoms with Crippen LogP contribution in [-0.4, -0.2) is 16.8 Å². The first-order valence-electron chi connectivity index (χ1n) is 5.12. The zero-order valence-electron chi connectivity index (χ0n) is 9.57. The molecule has 1 heterocycles. The van der Waals surface area contributed by atoms with Crippen molar-refractivity contribution < 1.29 is 4.79 Å². The number of carbonyl (C=O) groups excluding carboxylic acids is 1. The molecule has 0 atom stereocenters. The Bertz CT molecular complexity index is 525. The van der Waals surface area contributed by atoms with Gasteiger partial charge in [0.05, 0.1) is 10.2 Å². The lowest BCUT2D eigenvalue weighted by Gasteiger charge is -2.19. The van der Waals surface area contributed by atoms with Crippen molar-refractivity contribution in [2.24, 2.45) is 0 Å². The highest BCUT2D eigenvalue weighted by atomic mass is 32.1. The monoisotopic (exact) mass is 234 g/mol. The first kappa shape index (κ1) is 11.1. The van der Waals surface area contributed by atoms with E-state index in [1.165, 1.54) is 0 Å². The second kappa shape index (κ2) is 3.87. The number of anilines is 1. The number of rotatable bonds is 2. The highest BCUT2D eigenvalue weighted by molar-refractivity contribution is 7.22. The molecule has 2 rings (SSSR count). The van der Waals surface area contributed by atoms with Gasteiger partial charge in [0.1, 0.15) is 6.29 Å². The fourth-order valence-corrected chi connectivity index (χ4v) is 2.51. The van der Waals surface area contributed by atoms with Gasteiger partial charge in [0.2, 0.25) is 0 Å². The lowest BCUT2D eigenvalue weighted by Crippen LogP contribution is -2.25. The molecule has 84 valence electrons. The summed E-state index contributed by atoms with van der Waals surface area (Å²) < 4.78 is 1.04. The Balaban J connectivity index is 2.40. The topological polar surface area (TPSA) is 42.0 Å².